The predicted molar refractivity (Wildman–Crippen MR) is 470 cm³/mol. The molecule has 684 valence electrons. The van der Waals surface area contributed by atoms with E-state index in [1.807, 2.05) is 0 Å². The monoisotopic (exact) mass is 1650 g/mol. The fraction of sp³-hybridized carbons (Fsp3) is 0.959. The van der Waals surface area contributed by atoms with E-state index < -0.39 is 0 Å². The lowest BCUT2D eigenvalue weighted by Crippen LogP contribution is -2.40. The van der Waals surface area contributed by atoms with E-state index >= 15 is 0 Å². The van der Waals surface area contributed by atoms with Crippen molar-refractivity contribution in [2.45, 2.75) is 407 Å². The summed E-state index contributed by atoms with van der Waals surface area (Å²) < 4.78 is 78.3. The molecule has 6 aliphatic heterocycles. The molecule has 0 N–H and O–H groups in total. The van der Waals surface area contributed by atoms with E-state index in [1.165, 1.54) is 109 Å². The normalized spacial score (nSPS) is 21.8. The van der Waals surface area contributed by atoms with Crippen LogP contribution in [0.3, 0.4) is 0 Å². The molecule has 6 fully saturated rings. The standard InChI is InChI=1S/C30H56O6.C28H52O6.C21H40O3.C19H36O3/c1-10-30(19-32-15-24-17-34-24,20-33-16-25-18-35-25)21-36-27(31)26(23(3)14-29(7,8)9)12-11-22(2)13-28(4,5)6;1-4-7-9-11-12-14-16-24(15-13-10-8-5-2)27(29)34-23-28(6-3,21-30-17-25-19-32-25)22-31-18-26-20-33-26;1-15(11-20(3,4)5)9-10-18(16(2)12-21(6,7)8)19(22)24-14-17-13-23-17;1-3-5-7-9-10-12-14-17(13-11-8-6-4-2)19(20)22-16-18-15-21-18/h22-26H,10-21H2,1-9H3;24-26H,4-23H2,1-3H3;15-18H,9-14H2,1-8H3;17-18H,3-16H2,1-2H3. The zero-order chi connectivity index (χ0) is 86.1. The number of hydrogen-bond acceptors (Lipinski definition) is 18. The molecule has 0 aromatic carbocycles. The average Bonchev–Trinajstić information content (AvgIpc) is 1.47. The molecule has 0 aromatic heterocycles. The molecular weight excluding hydrogens is 1470 g/mol. The molecule has 6 aliphatic rings. The molecule has 0 saturated carbocycles. The summed E-state index contributed by atoms with van der Waals surface area (Å²) in [6.45, 7) is 59.9. The van der Waals surface area contributed by atoms with Gasteiger partial charge < -0.3 is 66.3 Å². The van der Waals surface area contributed by atoms with E-state index in [1.54, 1.807) is 0 Å². The Morgan fingerprint density at radius 2 is 0.517 bits per heavy atom. The molecule has 14 unspecified atom stereocenters. The SMILES string of the molecule is CC(CCC(C(=O)OCC1CO1)C(C)CC(C)(C)C)CC(C)(C)C.CCC(COCC1CO1)(COCC1CO1)COC(=O)C(CCC(C)CC(C)(C)C)C(C)CC(C)(C)C.CCCCCCCCC(CCCCCC)C(=O)OCC(CC)(COCC1CO1)COCC1CO1.CCCCCCCCC(CCCCCC)C(=O)OCC1CO1. The first kappa shape index (κ1) is 108. The fourth-order valence-electron chi connectivity index (χ4n) is 16.2. The first-order valence-corrected chi connectivity index (χ1v) is 47.7. The Labute approximate surface area is 711 Å². The van der Waals surface area contributed by atoms with Crippen molar-refractivity contribution in [1.82, 2.24) is 0 Å². The lowest BCUT2D eigenvalue weighted by atomic mass is 9.76. The van der Waals surface area contributed by atoms with E-state index in [-0.39, 0.29) is 112 Å². The molecule has 0 bridgehead atoms. The van der Waals surface area contributed by atoms with Crippen LogP contribution in [-0.4, -0.2) is 179 Å². The van der Waals surface area contributed by atoms with Crippen molar-refractivity contribution in [1.29, 1.82) is 0 Å². The van der Waals surface area contributed by atoms with Crippen LogP contribution in [0.15, 0.2) is 0 Å². The van der Waals surface area contributed by atoms with Gasteiger partial charge in [-0.25, -0.2) is 0 Å². The van der Waals surface area contributed by atoms with Gasteiger partial charge in [-0.2, -0.15) is 0 Å². The van der Waals surface area contributed by atoms with Crippen LogP contribution in [0, 0.1) is 79.8 Å². The summed E-state index contributed by atoms with van der Waals surface area (Å²) in [6.07, 6.45) is 39.9. The molecule has 0 spiro atoms. The first-order chi connectivity index (χ1) is 55.0. The average molecular weight is 1650 g/mol. The lowest BCUT2D eigenvalue weighted by molar-refractivity contribution is -0.159. The molecule has 6 heterocycles. The zero-order valence-electron chi connectivity index (χ0n) is 79.2. The molecule has 18 nitrogen and oxygen atoms in total. The molecule has 0 amide bonds. The van der Waals surface area contributed by atoms with Crippen molar-refractivity contribution in [3.8, 4) is 0 Å². The summed E-state index contributed by atoms with van der Waals surface area (Å²) in [5.74, 6) is 1.76. The number of rotatable bonds is 66. The van der Waals surface area contributed by atoms with Gasteiger partial charge in [0.15, 0.2) is 0 Å². The highest BCUT2D eigenvalue weighted by molar-refractivity contribution is 5.74. The minimum Gasteiger partial charge on any atom is -0.465 e. The van der Waals surface area contributed by atoms with Gasteiger partial charge in [0.05, 0.1) is 127 Å². The number of ether oxygens (including phenoxy) is 14. The summed E-state index contributed by atoms with van der Waals surface area (Å²) in [6, 6.07) is 0. The largest absolute Gasteiger partial charge is 0.465 e. The van der Waals surface area contributed by atoms with Gasteiger partial charge >= 0.3 is 23.9 Å². The van der Waals surface area contributed by atoms with E-state index in [4.69, 9.17) is 66.3 Å². The smallest absolute Gasteiger partial charge is 0.309 e. The van der Waals surface area contributed by atoms with E-state index in [0.717, 1.165) is 149 Å². The zero-order valence-corrected chi connectivity index (χ0v) is 79.2. The Balaban J connectivity index is 0.000000408. The van der Waals surface area contributed by atoms with Crippen LogP contribution in [0.2, 0.25) is 0 Å². The molecule has 0 aromatic rings. The van der Waals surface area contributed by atoms with E-state index in [2.05, 4.69) is 152 Å². The molecular formula is C98H184O18. The topological polar surface area (TPSA) is 217 Å². The minimum atomic E-state index is -0.364. The van der Waals surface area contributed by atoms with Crippen molar-refractivity contribution in [3.63, 3.8) is 0 Å². The Morgan fingerprint density at radius 3 is 0.784 bits per heavy atom. The summed E-state index contributed by atoms with van der Waals surface area (Å²) in [7, 11) is 0. The van der Waals surface area contributed by atoms with Crippen molar-refractivity contribution < 1.29 is 85.5 Å². The third-order valence-electron chi connectivity index (χ3n) is 23.6. The number of hydrogen-bond donors (Lipinski definition) is 0. The maximum absolute atomic E-state index is 13.6. The van der Waals surface area contributed by atoms with Crippen LogP contribution in [0.25, 0.3) is 0 Å². The van der Waals surface area contributed by atoms with Gasteiger partial charge in [-0.15, -0.1) is 0 Å². The molecule has 18 heteroatoms. The second kappa shape index (κ2) is 59.3. The van der Waals surface area contributed by atoms with Crippen molar-refractivity contribution >= 4 is 23.9 Å². The van der Waals surface area contributed by atoms with Gasteiger partial charge in [-0.3, -0.25) is 19.2 Å². The van der Waals surface area contributed by atoms with Crippen LogP contribution >= 0.6 is 0 Å². The second-order valence-electron chi connectivity index (χ2n) is 41.8. The number of epoxide rings is 6. The number of carbonyl (C=O) groups excluding carboxylic acids is 4. The Bertz CT molecular complexity index is 2440. The number of unbranched alkanes of at least 4 members (excludes halogenated alkanes) is 16. The summed E-state index contributed by atoms with van der Waals surface area (Å²) in [4.78, 5) is 51.6. The highest BCUT2D eigenvalue weighted by Crippen LogP contribution is 2.39. The quantitative estimate of drug-likeness (QED) is 0.0239. The van der Waals surface area contributed by atoms with Gasteiger partial charge in [-0.1, -0.05) is 281 Å². The third kappa shape index (κ3) is 57.8. The number of esters is 4. The number of carbonyl (C=O) groups is 4. The molecule has 116 heavy (non-hydrogen) atoms. The molecule has 0 aliphatic carbocycles. The van der Waals surface area contributed by atoms with Gasteiger partial charge in [0, 0.05) is 0 Å². The van der Waals surface area contributed by atoms with Crippen molar-refractivity contribution in [2.75, 3.05) is 119 Å². The van der Waals surface area contributed by atoms with Crippen LogP contribution in [0.5, 0.6) is 0 Å². The van der Waals surface area contributed by atoms with Crippen molar-refractivity contribution in [2.24, 2.45) is 79.8 Å². The highest BCUT2D eigenvalue weighted by atomic mass is 16.6. The van der Waals surface area contributed by atoms with Gasteiger partial charge in [0.2, 0.25) is 0 Å². The van der Waals surface area contributed by atoms with E-state index in [0.29, 0.717) is 108 Å². The minimum absolute atomic E-state index is 0.00499. The van der Waals surface area contributed by atoms with Gasteiger partial charge in [0.25, 0.3) is 0 Å². The maximum atomic E-state index is 13.6. The third-order valence-corrected chi connectivity index (χ3v) is 23.6. The maximum Gasteiger partial charge on any atom is 0.309 e. The van der Waals surface area contributed by atoms with E-state index in [9.17, 15) is 19.2 Å². The summed E-state index contributed by atoms with van der Waals surface area (Å²) in [5, 5.41) is 0. The van der Waals surface area contributed by atoms with Gasteiger partial charge in [0.1, 0.15) is 63.1 Å². The summed E-state index contributed by atoms with van der Waals surface area (Å²) >= 11 is 0. The molecule has 6 rings (SSSR count). The Morgan fingerprint density at radius 1 is 0.284 bits per heavy atom. The van der Waals surface area contributed by atoms with Crippen LogP contribution in [0.1, 0.15) is 371 Å². The van der Waals surface area contributed by atoms with Crippen LogP contribution < -0.4 is 0 Å². The molecule has 6 saturated heterocycles. The Hall–Kier alpha value is -2.52. The fourth-order valence-corrected chi connectivity index (χ4v) is 16.2. The second-order valence-corrected chi connectivity index (χ2v) is 41.8. The highest BCUT2D eigenvalue weighted by Gasteiger charge is 2.40. The Kier molecular flexibility index (Phi) is 55.1. The summed E-state index contributed by atoms with van der Waals surface area (Å²) in [5.41, 5.74) is 0.344. The van der Waals surface area contributed by atoms with Crippen molar-refractivity contribution in [3.05, 3.63) is 0 Å². The van der Waals surface area contributed by atoms with Gasteiger partial charge in [-0.05, 0) is 135 Å². The molecule has 14 atom stereocenters. The van der Waals surface area contributed by atoms with Crippen LogP contribution in [-0.2, 0) is 85.5 Å². The first-order valence-electron chi connectivity index (χ1n) is 47.7. The predicted octanol–water partition coefficient (Wildman–Crippen LogP) is 23.1. The molecule has 0 radical (unpaired) electrons. The lowest BCUT2D eigenvalue weighted by Gasteiger charge is -2.34. The van der Waals surface area contributed by atoms with Crippen LogP contribution in [0.4, 0.5) is 0 Å².